The van der Waals surface area contributed by atoms with Crippen LogP contribution in [0.4, 0.5) is 0 Å². The van der Waals surface area contributed by atoms with E-state index >= 15 is 0 Å². The summed E-state index contributed by atoms with van der Waals surface area (Å²) in [6.07, 6.45) is 1.08. The molecule has 0 bridgehead atoms. The van der Waals surface area contributed by atoms with Gasteiger partial charge < -0.3 is 10.0 Å². The average Bonchev–Trinajstić information content (AvgIpc) is 2.35. The van der Waals surface area contributed by atoms with E-state index in [0.717, 1.165) is 17.1 Å². The molecule has 0 unspecified atom stereocenters. The number of carboxylic acids is 1. The third-order valence-corrected chi connectivity index (χ3v) is 3.77. The van der Waals surface area contributed by atoms with Crippen LogP contribution in [0.5, 0.6) is 0 Å². The predicted molar refractivity (Wildman–Crippen MR) is 76.7 cm³/mol. The van der Waals surface area contributed by atoms with Crippen molar-refractivity contribution in [3.8, 4) is 0 Å². The Balaban J connectivity index is 2.21. The Morgan fingerprint density at radius 1 is 1.32 bits per heavy atom. The zero-order valence-corrected chi connectivity index (χ0v) is 12.2. The number of aliphatic carboxylic acids is 1. The van der Waals surface area contributed by atoms with E-state index in [-0.39, 0.29) is 12.5 Å². The number of amides is 1. The molecule has 0 aliphatic carbocycles. The second-order valence-corrected chi connectivity index (χ2v) is 5.65. The van der Waals surface area contributed by atoms with Crippen LogP contribution >= 0.6 is 23.4 Å². The maximum absolute atomic E-state index is 11.6. The lowest BCUT2D eigenvalue weighted by atomic mass is 10.3. The number of thioether (sulfide) groups is 1. The minimum Gasteiger partial charge on any atom is -0.480 e. The summed E-state index contributed by atoms with van der Waals surface area (Å²) in [7, 11) is 1.50. The minimum atomic E-state index is -0.994. The molecule has 104 valence electrons. The molecule has 0 aromatic heterocycles. The Kier molecular flexibility index (Phi) is 6.73. The molecule has 0 aliphatic heterocycles. The maximum atomic E-state index is 11.6. The molecule has 0 saturated carbocycles. The van der Waals surface area contributed by atoms with Crippen LogP contribution in [-0.2, 0) is 9.59 Å². The third kappa shape index (κ3) is 6.50. The summed E-state index contributed by atoms with van der Waals surface area (Å²) in [5, 5.41) is 9.27. The fraction of sp³-hybridized carbons (Fsp3) is 0.385. The first-order valence-corrected chi connectivity index (χ1v) is 7.19. The zero-order chi connectivity index (χ0) is 14.3. The van der Waals surface area contributed by atoms with Crippen molar-refractivity contribution in [2.75, 3.05) is 19.3 Å². The zero-order valence-electron chi connectivity index (χ0n) is 10.6. The van der Waals surface area contributed by atoms with Crippen molar-refractivity contribution in [2.24, 2.45) is 0 Å². The van der Waals surface area contributed by atoms with Gasteiger partial charge in [0.05, 0.1) is 0 Å². The Morgan fingerprint density at radius 3 is 2.53 bits per heavy atom. The second kappa shape index (κ2) is 8.07. The van der Waals surface area contributed by atoms with Crippen molar-refractivity contribution in [1.29, 1.82) is 0 Å². The molecule has 1 aromatic carbocycles. The van der Waals surface area contributed by atoms with Gasteiger partial charge in [0.15, 0.2) is 0 Å². The quantitative estimate of drug-likeness (QED) is 0.621. The molecule has 0 saturated heterocycles. The summed E-state index contributed by atoms with van der Waals surface area (Å²) in [5.41, 5.74) is 0. The lowest BCUT2D eigenvalue weighted by Gasteiger charge is -2.14. The number of likely N-dealkylation sites (N-methyl/N-ethyl adjacent to an activating group) is 1. The van der Waals surface area contributed by atoms with E-state index in [2.05, 4.69) is 0 Å². The van der Waals surface area contributed by atoms with Gasteiger partial charge in [0.2, 0.25) is 5.91 Å². The van der Waals surface area contributed by atoms with E-state index in [1.807, 2.05) is 24.3 Å². The highest BCUT2D eigenvalue weighted by Crippen LogP contribution is 2.21. The number of carbonyl (C=O) groups excluding carboxylic acids is 1. The first-order chi connectivity index (χ1) is 8.99. The second-order valence-electron chi connectivity index (χ2n) is 4.05. The number of carbonyl (C=O) groups is 2. The Labute approximate surface area is 121 Å². The summed E-state index contributed by atoms with van der Waals surface area (Å²) in [6, 6.07) is 7.53. The number of halogens is 1. The Bertz CT molecular complexity index is 436. The van der Waals surface area contributed by atoms with Crippen LogP contribution in [0, 0.1) is 0 Å². The molecule has 0 fully saturated rings. The van der Waals surface area contributed by atoms with Gasteiger partial charge in [0, 0.05) is 23.4 Å². The average molecular weight is 302 g/mol. The molecular weight excluding hydrogens is 286 g/mol. The highest BCUT2D eigenvalue weighted by Gasteiger charge is 2.11. The summed E-state index contributed by atoms with van der Waals surface area (Å²) >= 11 is 7.43. The van der Waals surface area contributed by atoms with Gasteiger partial charge in [0.1, 0.15) is 6.54 Å². The van der Waals surface area contributed by atoms with Gasteiger partial charge in [-0.15, -0.1) is 11.8 Å². The standard InChI is InChI=1S/C13H16ClNO3S/c1-15(9-13(17)18)12(16)3-2-8-19-11-6-4-10(14)5-7-11/h4-7H,2-3,8-9H2,1H3,(H,17,18). The lowest BCUT2D eigenvalue weighted by molar-refractivity contribution is -0.143. The maximum Gasteiger partial charge on any atom is 0.323 e. The third-order valence-electron chi connectivity index (χ3n) is 2.42. The Hall–Kier alpha value is -1.20. The first-order valence-electron chi connectivity index (χ1n) is 5.83. The SMILES string of the molecule is CN(CC(=O)O)C(=O)CCCSc1ccc(Cl)cc1. The normalized spacial score (nSPS) is 10.2. The molecule has 1 N–H and O–H groups in total. The molecule has 0 radical (unpaired) electrons. The van der Waals surface area contributed by atoms with E-state index in [9.17, 15) is 9.59 Å². The summed E-state index contributed by atoms with van der Waals surface area (Å²) in [6.45, 7) is -0.247. The number of hydrogen-bond donors (Lipinski definition) is 1. The van der Waals surface area contributed by atoms with Crippen LogP contribution in [-0.4, -0.2) is 41.2 Å². The lowest BCUT2D eigenvalue weighted by Crippen LogP contribution is -2.31. The van der Waals surface area contributed by atoms with Crippen molar-refractivity contribution in [3.05, 3.63) is 29.3 Å². The first kappa shape index (κ1) is 15.9. The Morgan fingerprint density at radius 2 is 1.95 bits per heavy atom. The van der Waals surface area contributed by atoms with Crippen LogP contribution < -0.4 is 0 Å². The van der Waals surface area contributed by atoms with Crippen molar-refractivity contribution >= 4 is 35.2 Å². The molecule has 0 heterocycles. The number of carboxylic acid groups (broad SMARTS) is 1. The van der Waals surface area contributed by atoms with E-state index in [1.165, 1.54) is 11.9 Å². The van der Waals surface area contributed by atoms with Gasteiger partial charge in [-0.1, -0.05) is 11.6 Å². The minimum absolute atomic E-state index is 0.140. The van der Waals surface area contributed by atoms with Crippen molar-refractivity contribution in [3.63, 3.8) is 0 Å². The molecule has 6 heteroatoms. The molecule has 19 heavy (non-hydrogen) atoms. The molecule has 1 aromatic rings. The molecule has 1 amide bonds. The van der Waals surface area contributed by atoms with E-state index in [4.69, 9.17) is 16.7 Å². The van der Waals surface area contributed by atoms with E-state index in [0.29, 0.717) is 11.4 Å². The van der Waals surface area contributed by atoms with Gasteiger partial charge in [-0.25, -0.2) is 0 Å². The van der Waals surface area contributed by atoms with Crippen LogP contribution in [0.25, 0.3) is 0 Å². The van der Waals surface area contributed by atoms with Crippen LogP contribution in [0.2, 0.25) is 5.02 Å². The smallest absolute Gasteiger partial charge is 0.323 e. The fourth-order valence-electron chi connectivity index (χ4n) is 1.43. The van der Waals surface area contributed by atoms with Gasteiger partial charge >= 0.3 is 5.97 Å². The van der Waals surface area contributed by atoms with Crippen LogP contribution in [0.15, 0.2) is 29.2 Å². The highest BCUT2D eigenvalue weighted by atomic mass is 35.5. The van der Waals surface area contributed by atoms with Gasteiger partial charge in [-0.05, 0) is 36.4 Å². The van der Waals surface area contributed by atoms with Gasteiger partial charge in [-0.2, -0.15) is 0 Å². The number of rotatable bonds is 7. The summed E-state index contributed by atoms with van der Waals surface area (Å²) < 4.78 is 0. The van der Waals surface area contributed by atoms with Gasteiger partial charge in [0.25, 0.3) is 0 Å². The highest BCUT2D eigenvalue weighted by molar-refractivity contribution is 7.99. The monoisotopic (exact) mass is 301 g/mol. The molecule has 0 atom stereocenters. The van der Waals surface area contributed by atoms with Crippen molar-refractivity contribution in [2.45, 2.75) is 17.7 Å². The van der Waals surface area contributed by atoms with Gasteiger partial charge in [-0.3, -0.25) is 9.59 Å². The van der Waals surface area contributed by atoms with Crippen molar-refractivity contribution in [1.82, 2.24) is 4.90 Å². The summed E-state index contributed by atoms with van der Waals surface area (Å²) in [4.78, 5) is 24.4. The molecule has 1 rings (SSSR count). The molecule has 0 aliphatic rings. The summed E-state index contributed by atoms with van der Waals surface area (Å²) in [5.74, 6) is -0.320. The van der Waals surface area contributed by atoms with Crippen LogP contribution in [0.1, 0.15) is 12.8 Å². The fourth-order valence-corrected chi connectivity index (χ4v) is 2.41. The van der Waals surface area contributed by atoms with Crippen LogP contribution in [0.3, 0.4) is 0 Å². The molecule has 4 nitrogen and oxygen atoms in total. The number of hydrogen-bond acceptors (Lipinski definition) is 3. The number of nitrogens with zero attached hydrogens (tertiary/aromatic N) is 1. The topological polar surface area (TPSA) is 57.6 Å². The molecule has 0 spiro atoms. The largest absolute Gasteiger partial charge is 0.480 e. The molecular formula is C13H16ClNO3S. The van der Waals surface area contributed by atoms with Crippen molar-refractivity contribution < 1.29 is 14.7 Å². The van der Waals surface area contributed by atoms with E-state index < -0.39 is 5.97 Å². The van der Waals surface area contributed by atoms with E-state index in [1.54, 1.807) is 11.8 Å². The number of benzene rings is 1. The predicted octanol–water partition coefficient (Wildman–Crippen LogP) is 2.76.